The number of aromatic nitrogens is 3. The van der Waals surface area contributed by atoms with E-state index >= 15 is 0 Å². The van der Waals surface area contributed by atoms with Crippen LogP contribution in [0.4, 0.5) is 0 Å². The minimum Gasteiger partial charge on any atom is -0.332 e. The lowest BCUT2D eigenvalue weighted by Gasteiger charge is -2.21. The second-order valence-electron chi connectivity index (χ2n) is 5.66. The van der Waals surface area contributed by atoms with Crippen molar-refractivity contribution >= 4 is 27.5 Å². The van der Waals surface area contributed by atoms with Gasteiger partial charge >= 0.3 is 0 Å². The maximum atomic E-state index is 9.65. The lowest BCUT2D eigenvalue weighted by Crippen LogP contribution is -2.39. The summed E-state index contributed by atoms with van der Waals surface area (Å²) in [5.74, 6) is 0.619. The highest BCUT2D eigenvalue weighted by molar-refractivity contribution is 9.10. The van der Waals surface area contributed by atoms with Crippen LogP contribution in [0, 0.1) is 11.3 Å². The molecule has 3 rings (SSSR count). The van der Waals surface area contributed by atoms with Crippen LogP contribution in [-0.4, -0.2) is 27.3 Å². The minimum atomic E-state index is 0.478. The second-order valence-corrected chi connectivity index (χ2v) is 6.47. The summed E-state index contributed by atoms with van der Waals surface area (Å²) in [6.07, 6.45) is 6.41. The van der Waals surface area contributed by atoms with Crippen LogP contribution in [0.15, 0.2) is 63.7 Å². The van der Waals surface area contributed by atoms with Crippen molar-refractivity contribution in [3.8, 4) is 6.07 Å². The van der Waals surface area contributed by atoms with Crippen molar-refractivity contribution in [3.63, 3.8) is 0 Å². The van der Waals surface area contributed by atoms with Gasteiger partial charge in [0.25, 0.3) is 0 Å². The molecule has 26 heavy (non-hydrogen) atoms. The number of hydrogen-bond acceptors (Lipinski definition) is 4. The zero-order valence-electron chi connectivity index (χ0n) is 14.3. The Morgan fingerprint density at radius 1 is 1.38 bits per heavy atom. The monoisotopic (exact) mass is 411 g/mol. The lowest BCUT2D eigenvalue weighted by atomic mass is 10.1. The lowest BCUT2D eigenvalue weighted by molar-refractivity contribution is 0.584. The number of guanidine groups is 1. The van der Waals surface area contributed by atoms with E-state index in [2.05, 4.69) is 47.7 Å². The smallest absolute Gasteiger partial charge is 0.199 e. The largest absolute Gasteiger partial charge is 0.332 e. The molecule has 2 aromatic rings. The normalized spacial score (nSPS) is 17.1. The van der Waals surface area contributed by atoms with E-state index in [1.807, 2.05) is 48.3 Å². The van der Waals surface area contributed by atoms with Crippen molar-refractivity contribution in [2.24, 2.45) is 4.99 Å². The Labute approximate surface area is 160 Å². The summed E-state index contributed by atoms with van der Waals surface area (Å²) >= 11 is 3.35. The Hall–Kier alpha value is -2.92. The highest BCUT2D eigenvalue weighted by atomic mass is 79.9. The standard InChI is InChI=1S/C18H18BrN7/c1-13-12-22-18(21-7-3-9-26-10-4-8-23-26)25-17(13)14(11-20)15-5-2-6-16(19)24-15/h2,4-6,8,10,12H,3,7,9H2,1H3,(H2,21,22,25)/b17-14+. The SMILES string of the molecule is CC1=CNC(=NCCCn2cccn2)N/C1=C(\C#N)c1cccc(Br)n1. The molecular weight excluding hydrogens is 394 g/mol. The van der Waals surface area contributed by atoms with Gasteiger partial charge in [0.05, 0.1) is 11.4 Å². The summed E-state index contributed by atoms with van der Waals surface area (Å²) < 4.78 is 2.57. The molecular formula is C18H18BrN7. The number of allylic oxidation sites excluding steroid dienone is 2. The van der Waals surface area contributed by atoms with Crippen molar-refractivity contribution < 1.29 is 0 Å². The van der Waals surface area contributed by atoms with Crippen LogP contribution in [0.1, 0.15) is 19.0 Å². The molecule has 2 N–H and O–H groups in total. The van der Waals surface area contributed by atoms with Gasteiger partial charge < -0.3 is 10.6 Å². The topological polar surface area (TPSA) is 90.9 Å². The molecule has 0 saturated carbocycles. The van der Waals surface area contributed by atoms with Crippen molar-refractivity contribution in [2.75, 3.05) is 6.54 Å². The van der Waals surface area contributed by atoms with Crippen molar-refractivity contribution in [1.82, 2.24) is 25.4 Å². The minimum absolute atomic E-state index is 0.478. The molecule has 0 atom stereocenters. The van der Waals surface area contributed by atoms with Crippen LogP contribution in [-0.2, 0) is 6.54 Å². The fourth-order valence-electron chi connectivity index (χ4n) is 2.49. The highest BCUT2D eigenvalue weighted by Crippen LogP contribution is 2.22. The third-order valence-corrected chi connectivity index (χ3v) is 4.21. The Morgan fingerprint density at radius 2 is 2.27 bits per heavy atom. The quantitative estimate of drug-likeness (QED) is 0.448. The van der Waals surface area contributed by atoms with Gasteiger partial charge in [0.15, 0.2) is 5.96 Å². The number of aryl methyl sites for hydroxylation is 1. The summed E-state index contributed by atoms with van der Waals surface area (Å²) in [6.45, 7) is 3.39. The molecule has 0 aromatic carbocycles. The molecule has 1 aliphatic heterocycles. The first kappa shape index (κ1) is 17.9. The van der Waals surface area contributed by atoms with Crippen molar-refractivity contribution in [3.05, 3.63) is 64.4 Å². The van der Waals surface area contributed by atoms with E-state index in [1.165, 1.54) is 0 Å². The summed E-state index contributed by atoms with van der Waals surface area (Å²) in [5, 5.41) is 20.1. The molecule has 0 aliphatic carbocycles. The summed E-state index contributed by atoms with van der Waals surface area (Å²) in [5.41, 5.74) is 2.71. The molecule has 0 saturated heterocycles. The Kier molecular flexibility index (Phi) is 5.81. The van der Waals surface area contributed by atoms with Gasteiger partial charge in [-0.2, -0.15) is 10.4 Å². The first-order chi connectivity index (χ1) is 12.7. The first-order valence-electron chi connectivity index (χ1n) is 8.17. The summed E-state index contributed by atoms with van der Waals surface area (Å²) in [6, 6.07) is 9.65. The Bertz CT molecular complexity index is 904. The molecule has 0 bridgehead atoms. The van der Waals surface area contributed by atoms with E-state index in [-0.39, 0.29) is 0 Å². The number of nitriles is 1. The van der Waals surface area contributed by atoms with Crippen molar-refractivity contribution in [2.45, 2.75) is 19.9 Å². The second kappa shape index (κ2) is 8.45. The van der Waals surface area contributed by atoms with E-state index in [0.29, 0.717) is 34.1 Å². The molecule has 0 amide bonds. The zero-order chi connectivity index (χ0) is 18.4. The average Bonchev–Trinajstić information content (AvgIpc) is 3.15. The number of pyridine rings is 1. The van der Waals surface area contributed by atoms with Crippen LogP contribution in [0.25, 0.3) is 5.57 Å². The third kappa shape index (κ3) is 4.37. The highest BCUT2D eigenvalue weighted by Gasteiger charge is 2.17. The van der Waals surface area contributed by atoms with Gasteiger partial charge in [-0.05, 0) is 53.0 Å². The molecule has 3 heterocycles. The molecule has 8 heteroatoms. The van der Waals surface area contributed by atoms with Crippen molar-refractivity contribution in [1.29, 1.82) is 5.26 Å². The van der Waals surface area contributed by atoms with Gasteiger partial charge in [0.2, 0.25) is 0 Å². The number of halogens is 1. The van der Waals surface area contributed by atoms with Crippen LogP contribution < -0.4 is 10.6 Å². The van der Waals surface area contributed by atoms with E-state index in [1.54, 1.807) is 6.20 Å². The number of hydrogen-bond donors (Lipinski definition) is 2. The molecule has 7 nitrogen and oxygen atoms in total. The number of nitrogens with zero attached hydrogens (tertiary/aromatic N) is 5. The van der Waals surface area contributed by atoms with E-state index < -0.39 is 0 Å². The van der Waals surface area contributed by atoms with E-state index in [4.69, 9.17) is 0 Å². The van der Waals surface area contributed by atoms with Crippen LogP contribution >= 0.6 is 15.9 Å². The van der Waals surface area contributed by atoms with E-state index in [9.17, 15) is 5.26 Å². The fourth-order valence-corrected chi connectivity index (χ4v) is 2.84. The van der Waals surface area contributed by atoms with Crippen LogP contribution in [0.3, 0.4) is 0 Å². The third-order valence-electron chi connectivity index (χ3n) is 3.77. The molecule has 1 aliphatic rings. The number of rotatable bonds is 5. The molecule has 0 fully saturated rings. The molecule has 132 valence electrons. The number of aliphatic imine (C=N–C) groups is 1. The van der Waals surface area contributed by atoms with Crippen LogP contribution in [0.5, 0.6) is 0 Å². The first-order valence-corrected chi connectivity index (χ1v) is 8.96. The Morgan fingerprint density at radius 3 is 3.00 bits per heavy atom. The predicted octanol–water partition coefficient (Wildman–Crippen LogP) is 2.82. The molecule has 2 aromatic heterocycles. The van der Waals surface area contributed by atoms with Gasteiger partial charge in [0.1, 0.15) is 16.2 Å². The maximum Gasteiger partial charge on any atom is 0.199 e. The molecule has 0 unspecified atom stereocenters. The predicted molar refractivity (Wildman–Crippen MR) is 104 cm³/mol. The average molecular weight is 412 g/mol. The van der Waals surface area contributed by atoms with Crippen LogP contribution in [0.2, 0.25) is 0 Å². The fraction of sp³-hybridized carbons (Fsp3) is 0.222. The van der Waals surface area contributed by atoms with Gasteiger partial charge in [0, 0.05) is 31.7 Å². The molecule has 0 spiro atoms. The number of nitrogens with one attached hydrogen (secondary N) is 2. The zero-order valence-corrected chi connectivity index (χ0v) is 15.9. The maximum absolute atomic E-state index is 9.65. The van der Waals surface area contributed by atoms with Gasteiger partial charge in [-0.25, -0.2) is 4.98 Å². The van der Waals surface area contributed by atoms with Gasteiger partial charge in [-0.1, -0.05) is 6.07 Å². The summed E-state index contributed by atoms with van der Waals surface area (Å²) in [7, 11) is 0. The molecule has 0 radical (unpaired) electrons. The van der Waals surface area contributed by atoms with Gasteiger partial charge in [-0.3, -0.25) is 9.67 Å². The van der Waals surface area contributed by atoms with E-state index in [0.717, 1.165) is 18.5 Å². The summed E-state index contributed by atoms with van der Waals surface area (Å²) in [4.78, 5) is 8.91. The Balaban J connectivity index is 1.75. The van der Waals surface area contributed by atoms with Gasteiger partial charge in [-0.15, -0.1) is 0 Å².